The van der Waals surface area contributed by atoms with Gasteiger partial charge in [0.25, 0.3) is 0 Å². The summed E-state index contributed by atoms with van der Waals surface area (Å²) in [7, 11) is 0.478. The van der Waals surface area contributed by atoms with Crippen LogP contribution in [-0.2, 0) is 10.0 Å². The SMILES string of the molecule is C1CCCCC1.C=C1CN(S(=O)(=O)c2ccc(N3CCC(N(C)C)CC3)nc2)CCN1c1cc(-c2ccccc2)sc1C(C)=O.[HH]. The lowest BCUT2D eigenvalue weighted by atomic mass is 10.0. The molecule has 1 aliphatic carbocycles. The number of hydrogen-bond donors (Lipinski definition) is 0. The van der Waals surface area contributed by atoms with Crippen LogP contribution < -0.4 is 9.80 Å². The molecule has 4 heterocycles. The topological polar surface area (TPSA) is 77.1 Å². The minimum Gasteiger partial charge on any atom is -0.357 e. The van der Waals surface area contributed by atoms with Crippen molar-refractivity contribution in [3.8, 4) is 10.4 Å². The number of aromatic nitrogens is 1. The van der Waals surface area contributed by atoms with E-state index in [4.69, 9.17) is 0 Å². The monoisotopic (exact) mass is 651 g/mol. The van der Waals surface area contributed by atoms with Crippen molar-refractivity contribution in [3.05, 3.63) is 71.9 Å². The quantitative estimate of drug-likeness (QED) is 0.251. The van der Waals surface area contributed by atoms with Crippen molar-refractivity contribution in [2.75, 3.05) is 56.6 Å². The number of carbonyl (C=O) groups excluding carboxylic acids is 1. The lowest BCUT2D eigenvalue weighted by Gasteiger charge is -2.37. The van der Waals surface area contributed by atoms with Gasteiger partial charge in [-0.15, -0.1) is 11.3 Å². The fourth-order valence-electron chi connectivity index (χ4n) is 6.35. The van der Waals surface area contributed by atoms with Crippen LogP contribution in [0.3, 0.4) is 0 Å². The first-order valence-corrected chi connectivity index (χ1v) is 18.4. The number of sulfonamides is 1. The average Bonchev–Trinajstić information content (AvgIpc) is 3.52. The average molecular weight is 652 g/mol. The molecule has 2 saturated heterocycles. The molecule has 45 heavy (non-hydrogen) atoms. The summed E-state index contributed by atoms with van der Waals surface area (Å²) in [4.78, 5) is 25.3. The van der Waals surface area contributed by atoms with Gasteiger partial charge in [0, 0.05) is 57.3 Å². The summed E-state index contributed by atoms with van der Waals surface area (Å²) in [6.07, 6.45) is 12.6. The van der Waals surface area contributed by atoms with Gasteiger partial charge in [-0.2, -0.15) is 4.31 Å². The van der Waals surface area contributed by atoms with E-state index >= 15 is 0 Å². The number of nitrogens with zero attached hydrogens (tertiary/aromatic N) is 5. The second kappa shape index (κ2) is 15.0. The Hall–Kier alpha value is -3.05. The molecule has 0 atom stereocenters. The van der Waals surface area contributed by atoms with E-state index in [0.29, 0.717) is 23.2 Å². The Balaban J connectivity index is 0.000000617. The molecule has 0 radical (unpaired) electrons. The second-order valence-electron chi connectivity index (χ2n) is 12.5. The molecule has 1 saturated carbocycles. The molecule has 1 aromatic carbocycles. The number of hydrogen-bond acceptors (Lipinski definition) is 8. The van der Waals surface area contributed by atoms with Crippen LogP contribution in [0.1, 0.15) is 69.4 Å². The summed E-state index contributed by atoms with van der Waals surface area (Å²) >= 11 is 1.46. The Kier molecular flexibility index (Phi) is 11.1. The Labute approximate surface area is 274 Å². The number of carbonyl (C=O) groups is 1. The molecule has 0 amide bonds. The summed E-state index contributed by atoms with van der Waals surface area (Å²) < 4.78 is 28.4. The molecule has 6 rings (SSSR count). The molecule has 2 aliphatic heterocycles. The van der Waals surface area contributed by atoms with E-state index in [0.717, 1.165) is 47.9 Å². The lowest BCUT2D eigenvalue weighted by molar-refractivity contribution is 0.102. The van der Waals surface area contributed by atoms with Gasteiger partial charge in [-0.3, -0.25) is 4.79 Å². The van der Waals surface area contributed by atoms with Crippen LogP contribution in [0.15, 0.2) is 71.9 Å². The first-order chi connectivity index (χ1) is 21.6. The molecular weight excluding hydrogens is 603 g/mol. The van der Waals surface area contributed by atoms with E-state index in [1.54, 1.807) is 13.0 Å². The van der Waals surface area contributed by atoms with Gasteiger partial charge >= 0.3 is 0 Å². The predicted octanol–water partition coefficient (Wildman–Crippen LogP) is 7.15. The largest absolute Gasteiger partial charge is 0.357 e. The Morgan fingerprint density at radius 1 is 0.956 bits per heavy atom. The van der Waals surface area contributed by atoms with E-state index in [9.17, 15) is 13.2 Å². The number of piperazine rings is 1. The highest BCUT2D eigenvalue weighted by Crippen LogP contribution is 2.39. The van der Waals surface area contributed by atoms with Crippen molar-refractivity contribution < 1.29 is 14.6 Å². The van der Waals surface area contributed by atoms with Crippen LogP contribution in [0.25, 0.3) is 10.4 Å². The molecule has 0 spiro atoms. The molecule has 0 bridgehead atoms. The van der Waals surface area contributed by atoms with E-state index < -0.39 is 10.0 Å². The van der Waals surface area contributed by atoms with Crippen LogP contribution in [0.2, 0.25) is 0 Å². The summed E-state index contributed by atoms with van der Waals surface area (Å²) in [5, 5.41) is 0. The van der Waals surface area contributed by atoms with Crippen LogP contribution in [0.4, 0.5) is 11.5 Å². The molecule has 2 aromatic heterocycles. The Morgan fingerprint density at radius 2 is 1.60 bits per heavy atom. The van der Waals surface area contributed by atoms with Gasteiger partial charge in [-0.05, 0) is 50.7 Å². The molecule has 0 unspecified atom stereocenters. The fraction of sp³-hybridized carbons (Fsp3) is 0.486. The molecule has 3 aromatic rings. The number of anilines is 2. The van der Waals surface area contributed by atoms with Gasteiger partial charge in [0.1, 0.15) is 10.7 Å². The highest BCUT2D eigenvalue weighted by atomic mass is 32.2. The highest BCUT2D eigenvalue weighted by Gasteiger charge is 2.33. The molecule has 0 N–H and O–H groups in total. The number of Topliss-reactive ketones (excluding diaryl/α,β-unsaturated/α-hetero) is 1. The van der Waals surface area contributed by atoms with Gasteiger partial charge in [-0.25, -0.2) is 13.4 Å². The van der Waals surface area contributed by atoms with E-state index in [1.165, 1.54) is 60.4 Å². The normalized spacial score (nSPS) is 18.5. The molecular formula is C35H49N5O3S2. The number of thiophene rings is 1. The summed E-state index contributed by atoms with van der Waals surface area (Å²) in [6, 6.07) is 16.0. The third-order valence-electron chi connectivity index (χ3n) is 9.07. The van der Waals surface area contributed by atoms with Crippen molar-refractivity contribution in [3.63, 3.8) is 0 Å². The molecule has 10 heteroatoms. The van der Waals surface area contributed by atoms with Gasteiger partial charge in [0.05, 0.1) is 17.1 Å². The Bertz CT molecular complexity index is 1540. The Morgan fingerprint density at radius 3 is 2.13 bits per heavy atom. The molecule has 244 valence electrons. The van der Waals surface area contributed by atoms with E-state index in [2.05, 4.69) is 35.5 Å². The van der Waals surface area contributed by atoms with Crippen LogP contribution in [-0.4, -0.2) is 81.3 Å². The third-order valence-corrected chi connectivity index (χ3v) is 12.2. The number of pyridine rings is 1. The molecule has 8 nitrogen and oxygen atoms in total. The summed E-state index contributed by atoms with van der Waals surface area (Å²) in [6.45, 7) is 8.41. The smallest absolute Gasteiger partial charge is 0.245 e. The standard InChI is InChI=1S/C29H35N5O3S2.C6H12.H2/c1-21-20-33(16-17-34(21)26-18-27(38-29(26)22(2)35)23-8-6-5-7-9-23)39(36,37)25-10-11-28(30-19-25)32-14-12-24(13-15-32)31(3)4;1-2-4-6-5-3-1;/h5-11,18-19,24H,1,12-17,20H2,2-4H3;1-6H2;1H. The fourth-order valence-corrected chi connectivity index (χ4v) is 8.77. The minimum absolute atomic E-state index is 0. The van der Waals surface area contributed by atoms with Crippen molar-refractivity contribution in [1.82, 2.24) is 14.2 Å². The van der Waals surface area contributed by atoms with Gasteiger partial charge < -0.3 is 14.7 Å². The first-order valence-electron chi connectivity index (χ1n) is 16.2. The predicted molar refractivity (Wildman–Crippen MR) is 188 cm³/mol. The van der Waals surface area contributed by atoms with Crippen LogP contribution >= 0.6 is 11.3 Å². The number of rotatable bonds is 7. The van der Waals surface area contributed by atoms with Gasteiger partial charge in [0.15, 0.2) is 5.78 Å². The van der Waals surface area contributed by atoms with E-state index in [1.807, 2.05) is 47.4 Å². The maximum atomic E-state index is 13.5. The van der Waals surface area contributed by atoms with Crippen LogP contribution in [0.5, 0.6) is 0 Å². The summed E-state index contributed by atoms with van der Waals surface area (Å²) in [5.41, 5.74) is 2.47. The van der Waals surface area contributed by atoms with Crippen LogP contribution in [0, 0.1) is 0 Å². The first kappa shape index (κ1) is 33.3. The summed E-state index contributed by atoms with van der Waals surface area (Å²) in [5.74, 6) is 0.793. The van der Waals surface area contributed by atoms with Crippen molar-refractivity contribution >= 4 is 38.6 Å². The third kappa shape index (κ3) is 8.03. The zero-order valence-electron chi connectivity index (χ0n) is 27.0. The van der Waals surface area contributed by atoms with Gasteiger partial charge in [-0.1, -0.05) is 75.4 Å². The number of piperidine rings is 1. The molecule has 3 fully saturated rings. The second-order valence-corrected chi connectivity index (χ2v) is 15.4. The highest BCUT2D eigenvalue weighted by molar-refractivity contribution is 7.89. The van der Waals surface area contributed by atoms with Crippen molar-refractivity contribution in [2.45, 2.75) is 69.2 Å². The maximum absolute atomic E-state index is 13.5. The maximum Gasteiger partial charge on any atom is 0.245 e. The van der Waals surface area contributed by atoms with Gasteiger partial charge in [0.2, 0.25) is 10.0 Å². The van der Waals surface area contributed by atoms with Crippen molar-refractivity contribution in [1.29, 1.82) is 0 Å². The van der Waals surface area contributed by atoms with Crippen molar-refractivity contribution in [2.24, 2.45) is 0 Å². The zero-order valence-corrected chi connectivity index (χ0v) is 28.6. The minimum atomic E-state index is -3.74. The zero-order chi connectivity index (χ0) is 32.0. The number of ketones is 1. The lowest BCUT2D eigenvalue weighted by Crippen LogP contribution is -2.47. The molecule has 3 aliphatic rings. The van der Waals surface area contributed by atoms with E-state index in [-0.39, 0.29) is 25.2 Å². The number of benzene rings is 1.